The van der Waals surface area contributed by atoms with Crippen LogP contribution in [0.25, 0.3) is 0 Å². The first-order valence-electron chi connectivity index (χ1n) is 7.38. The van der Waals surface area contributed by atoms with Gasteiger partial charge in [-0.05, 0) is 31.2 Å². The first-order chi connectivity index (χ1) is 9.37. The summed E-state index contributed by atoms with van der Waals surface area (Å²) in [6.07, 6.45) is -0.00679. The Kier molecular flexibility index (Phi) is 6.66. The maximum absolute atomic E-state index is 10.2. The Morgan fingerprint density at radius 1 is 0.950 bits per heavy atom. The molecule has 3 nitrogen and oxygen atoms in total. The Balaban J connectivity index is 2.76. The minimum atomic E-state index is -0.429. The summed E-state index contributed by atoms with van der Waals surface area (Å²) in [5, 5.41) is 10.2. The zero-order valence-corrected chi connectivity index (χ0v) is 13.3. The summed E-state index contributed by atoms with van der Waals surface area (Å²) in [6, 6.07) is 7.85. The highest BCUT2D eigenvalue weighted by atomic mass is 16.7. The van der Waals surface area contributed by atoms with Crippen LogP contribution < -0.4 is 0 Å². The molecule has 0 bridgehead atoms. The number of aliphatic hydroxyl groups excluding tert-OH is 1. The molecule has 0 heterocycles. The molecular formula is C17H28O3. The van der Waals surface area contributed by atoms with Crippen LogP contribution in [0.2, 0.25) is 0 Å². The van der Waals surface area contributed by atoms with Crippen molar-refractivity contribution in [3.8, 4) is 0 Å². The largest absolute Gasteiger partial charge is 0.388 e. The number of rotatable bonds is 7. The Bertz CT molecular complexity index is 372. The predicted molar refractivity (Wildman–Crippen MR) is 81.5 cm³/mol. The molecule has 0 aliphatic carbocycles. The molecule has 20 heavy (non-hydrogen) atoms. The third-order valence-corrected chi connectivity index (χ3v) is 3.04. The lowest BCUT2D eigenvalue weighted by Gasteiger charge is -2.23. The van der Waals surface area contributed by atoms with Gasteiger partial charge in [0.15, 0.2) is 6.29 Å². The topological polar surface area (TPSA) is 38.7 Å². The van der Waals surface area contributed by atoms with E-state index in [9.17, 15) is 5.11 Å². The molecule has 0 radical (unpaired) electrons. The molecule has 3 heteroatoms. The third kappa shape index (κ3) is 5.61. The highest BCUT2D eigenvalue weighted by molar-refractivity contribution is 5.25. The summed E-state index contributed by atoms with van der Waals surface area (Å²) < 4.78 is 11.1. The van der Waals surface area contributed by atoms with Gasteiger partial charge in [-0.2, -0.15) is 0 Å². The van der Waals surface area contributed by atoms with Gasteiger partial charge in [-0.25, -0.2) is 0 Å². The van der Waals surface area contributed by atoms with Gasteiger partial charge in [0, 0.05) is 18.8 Å². The molecule has 1 aromatic rings. The first kappa shape index (κ1) is 17.2. The fourth-order valence-electron chi connectivity index (χ4n) is 2.12. The highest BCUT2D eigenvalue weighted by Gasteiger charge is 2.18. The molecule has 0 saturated carbocycles. The van der Waals surface area contributed by atoms with Crippen molar-refractivity contribution in [3.05, 3.63) is 35.4 Å². The lowest BCUT2D eigenvalue weighted by molar-refractivity contribution is -0.140. The molecule has 1 atom stereocenters. The molecule has 114 valence electrons. The van der Waals surface area contributed by atoms with Crippen LogP contribution in [0, 0.1) is 5.41 Å². The van der Waals surface area contributed by atoms with Gasteiger partial charge in [0.25, 0.3) is 0 Å². The van der Waals surface area contributed by atoms with Crippen molar-refractivity contribution in [1.82, 2.24) is 0 Å². The fraction of sp³-hybridized carbons (Fsp3) is 0.647. The Morgan fingerprint density at radius 2 is 1.40 bits per heavy atom. The molecule has 0 fully saturated rings. The van der Waals surface area contributed by atoms with Crippen LogP contribution in [0.4, 0.5) is 0 Å². The summed E-state index contributed by atoms with van der Waals surface area (Å²) in [4.78, 5) is 0. The van der Waals surface area contributed by atoms with Crippen LogP contribution in [0.15, 0.2) is 24.3 Å². The summed E-state index contributed by atoms with van der Waals surface area (Å²) in [6.45, 7) is 11.5. The minimum absolute atomic E-state index is 0.108. The number of aliphatic hydroxyl groups is 1. The van der Waals surface area contributed by atoms with Gasteiger partial charge in [0.05, 0.1) is 6.10 Å². The second kappa shape index (κ2) is 7.77. The second-order valence-corrected chi connectivity index (χ2v) is 6.19. The van der Waals surface area contributed by atoms with Crippen molar-refractivity contribution >= 4 is 0 Å². The smallest absolute Gasteiger partial charge is 0.183 e. The van der Waals surface area contributed by atoms with Crippen LogP contribution in [0.1, 0.15) is 64.6 Å². The molecule has 0 unspecified atom stereocenters. The maximum Gasteiger partial charge on any atom is 0.183 e. The van der Waals surface area contributed by atoms with E-state index in [1.54, 1.807) is 0 Å². The van der Waals surface area contributed by atoms with E-state index >= 15 is 0 Å². The zero-order valence-electron chi connectivity index (χ0n) is 13.3. The van der Waals surface area contributed by atoms with Crippen molar-refractivity contribution in [2.24, 2.45) is 5.41 Å². The van der Waals surface area contributed by atoms with E-state index in [0.29, 0.717) is 13.2 Å². The minimum Gasteiger partial charge on any atom is -0.388 e. The van der Waals surface area contributed by atoms with Gasteiger partial charge in [-0.1, -0.05) is 45.0 Å². The van der Waals surface area contributed by atoms with Gasteiger partial charge < -0.3 is 14.6 Å². The van der Waals surface area contributed by atoms with E-state index in [1.165, 1.54) is 0 Å². The SMILES string of the molecule is CCOC(OCC)c1ccc([C@@H](O)CC(C)(C)C)cc1. The number of ether oxygens (including phenoxy) is 2. The maximum atomic E-state index is 10.2. The number of benzene rings is 1. The van der Waals surface area contributed by atoms with Crippen molar-refractivity contribution in [2.45, 2.75) is 53.4 Å². The van der Waals surface area contributed by atoms with Crippen LogP contribution in [-0.2, 0) is 9.47 Å². The lowest BCUT2D eigenvalue weighted by Crippen LogP contribution is -2.12. The molecule has 0 spiro atoms. The molecule has 0 aliphatic heterocycles. The van der Waals surface area contributed by atoms with Gasteiger partial charge in [0.2, 0.25) is 0 Å². The third-order valence-electron chi connectivity index (χ3n) is 3.04. The van der Waals surface area contributed by atoms with E-state index in [4.69, 9.17) is 9.47 Å². The molecule has 1 N–H and O–H groups in total. The van der Waals surface area contributed by atoms with Gasteiger partial charge in [-0.3, -0.25) is 0 Å². The van der Waals surface area contributed by atoms with E-state index in [1.807, 2.05) is 38.1 Å². The van der Waals surface area contributed by atoms with Crippen molar-refractivity contribution < 1.29 is 14.6 Å². The Morgan fingerprint density at radius 3 is 1.80 bits per heavy atom. The van der Waals surface area contributed by atoms with Crippen LogP contribution in [0.3, 0.4) is 0 Å². The molecule has 0 aromatic heterocycles. The van der Waals surface area contributed by atoms with Gasteiger partial charge in [0.1, 0.15) is 0 Å². The van der Waals surface area contributed by atoms with Gasteiger partial charge >= 0.3 is 0 Å². The Hall–Kier alpha value is -0.900. The molecule has 0 saturated heterocycles. The average molecular weight is 280 g/mol. The van der Waals surface area contributed by atoms with Crippen molar-refractivity contribution in [2.75, 3.05) is 13.2 Å². The van der Waals surface area contributed by atoms with Crippen molar-refractivity contribution in [1.29, 1.82) is 0 Å². The quantitative estimate of drug-likeness (QED) is 0.760. The number of hydrogen-bond acceptors (Lipinski definition) is 3. The standard InChI is InChI=1S/C17H28O3/c1-6-19-16(20-7-2)14-10-8-13(9-11-14)15(18)12-17(3,4)5/h8-11,15-16,18H,6-7,12H2,1-5H3/t15-/m0/s1. The molecule has 0 aliphatic rings. The van der Waals surface area contributed by atoms with E-state index in [0.717, 1.165) is 17.5 Å². The summed E-state index contributed by atoms with van der Waals surface area (Å²) in [7, 11) is 0. The average Bonchev–Trinajstić information content (AvgIpc) is 2.37. The van der Waals surface area contributed by atoms with Crippen LogP contribution >= 0.6 is 0 Å². The van der Waals surface area contributed by atoms with Gasteiger partial charge in [-0.15, -0.1) is 0 Å². The summed E-state index contributed by atoms with van der Waals surface area (Å²) >= 11 is 0. The summed E-state index contributed by atoms with van der Waals surface area (Å²) in [5.41, 5.74) is 2.04. The normalized spacial score (nSPS) is 13.8. The fourth-order valence-corrected chi connectivity index (χ4v) is 2.12. The Labute approximate surface area is 122 Å². The molecular weight excluding hydrogens is 252 g/mol. The number of hydrogen-bond donors (Lipinski definition) is 1. The highest BCUT2D eigenvalue weighted by Crippen LogP contribution is 2.30. The predicted octanol–water partition coefficient (Wildman–Crippen LogP) is 4.23. The van der Waals surface area contributed by atoms with E-state index in [-0.39, 0.29) is 11.7 Å². The summed E-state index contributed by atoms with van der Waals surface area (Å²) in [5.74, 6) is 0. The second-order valence-electron chi connectivity index (χ2n) is 6.19. The lowest BCUT2D eigenvalue weighted by atomic mass is 9.87. The monoisotopic (exact) mass is 280 g/mol. The van der Waals surface area contributed by atoms with E-state index in [2.05, 4.69) is 20.8 Å². The first-order valence-corrected chi connectivity index (χ1v) is 7.38. The molecule has 0 amide bonds. The molecule has 1 rings (SSSR count). The molecule has 1 aromatic carbocycles. The van der Waals surface area contributed by atoms with Crippen LogP contribution in [0.5, 0.6) is 0 Å². The zero-order chi connectivity index (χ0) is 15.2. The van der Waals surface area contributed by atoms with Crippen LogP contribution in [-0.4, -0.2) is 18.3 Å². The van der Waals surface area contributed by atoms with E-state index < -0.39 is 6.10 Å². The van der Waals surface area contributed by atoms with Crippen molar-refractivity contribution in [3.63, 3.8) is 0 Å².